The first-order chi connectivity index (χ1) is 14.0. The second-order valence-electron chi connectivity index (χ2n) is 7.44. The molecule has 2 aromatic rings. The number of hydrogen-bond donors (Lipinski definition) is 1. The molecule has 1 heterocycles. The van der Waals surface area contributed by atoms with Gasteiger partial charge in [-0.05, 0) is 56.4 Å². The second-order valence-corrected chi connectivity index (χ2v) is 7.87. The third-order valence-corrected chi connectivity index (χ3v) is 5.54. The first kappa shape index (κ1) is 21.2. The molecule has 1 fully saturated rings. The quantitative estimate of drug-likeness (QED) is 0.742. The molecule has 2 aromatic carbocycles. The van der Waals surface area contributed by atoms with Crippen LogP contribution in [0.3, 0.4) is 0 Å². The largest absolute Gasteiger partial charge is 0.496 e. The number of carbonyl (C=O) groups excluding carboxylic acids is 2. The Morgan fingerprint density at radius 2 is 2.00 bits per heavy atom. The number of amides is 2. The lowest BCUT2D eigenvalue weighted by molar-refractivity contribution is -0.125. The molecule has 0 aromatic heterocycles. The van der Waals surface area contributed by atoms with E-state index in [9.17, 15) is 9.59 Å². The molecular weight excluding hydrogens is 388 g/mol. The minimum absolute atomic E-state index is 0.0287. The van der Waals surface area contributed by atoms with Crippen molar-refractivity contribution in [1.82, 2.24) is 10.2 Å². The smallest absolute Gasteiger partial charge is 0.258 e. The number of carbonyl (C=O) groups is 2. The van der Waals surface area contributed by atoms with Gasteiger partial charge in [0.1, 0.15) is 11.8 Å². The highest BCUT2D eigenvalue weighted by Crippen LogP contribution is 2.27. The van der Waals surface area contributed by atoms with Crippen LogP contribution in [0.2, 0.25) is 5.02 Å². The standard InChI is InChI=1S/C23H27ClN2O3/c1-16(10-11-17-7-4-3-5-8-17)25-22(27)20-9-6-14-26(20)23(28)19-15-18(24)12-13-21(19)29-2/h3-5,7-8,12-13,15-16,20H,6,9-11,14H2,1-2H3,(H,25,27). The lowest BCUT2D eigenvalue weighted by Crippen LogP contribution is -2.48. The summed E-state index contributed by atoms with van der Waals surface area (Å²) in [5.41, 5.74) is 1.64. The van der Waals surface area contributed by atoms with Gasteiger partial charge in [-0.25, -0.2) is 0 Å². The highest BCUT2D eigenvalue weighted by atomic mass is 35.5. The van der Waals surface area contributed by atoms with E-state index in [1.807, 2.05) is 25.1 Å². The monoisotopic (exact) mass is 414 g/mol. The maximum Gasteiger partial charge on any atom is 0.258 e. The van der Waals surface area contributed by atoms with Crippen molar-refractivity contribution in [3.8, 4) is 5.75 Å². The van der Waals surface area contributed by atoms with Crippen molar-refractivity contribution in [2.75, 3.05) is 13.7 Å². The van der Waals surface area contributed by atoms with Crippen LogP contribution in [0.25, 0.3) is 0 Å². The molecular formula is C23H27ClN2O3. The van der Waals surface area contributed by atoms with Gasteiger partial charge in [-0.15, -0.1) is 0 Å². The summed E-state index contributed by atoms with van der Waals surface area (Å²) in [6.07, 6.45) is 3.20. The van der Waals surface area contributed by atoms with Gasteiger partial charge in [-0.2, -0.15) is 0 Å². The van der Waals surface area contributed by atoms with Gasteiger partial charge in [-0.3, -0.25) is 9.59 Å². The van der Waals surface area contributed by atoms with Gasteiger partial charge < -0.3 is 15.0 Å². The van der Waals surface area contributed by atoms with E-state index < -0.39 is 6.04 Å². The Balaban J connectivity index is 1.63. The van der Waals surface area contributed by atoms with Crippen molar-refractivity contribution >= 4 is 23.4 Å². The SMILES string of the molecule is COc1ccc(Cl)cc1C(=O)N1CCCC1C(=O)NC(C)CCc1ccccc1. The molecule has 1 N–H and O–H groups in total. The number of hydrogen-bond acceptors (Lipinski definition) is 3. The van der Waals surface area contributed by atoms with Crippen LogP contribution < -0.4 is 10.1 Å². The minimum atomic E-state index is -0.467. The average molecular weight is 415 g/mol. The van der Waals surface area contributed by atoms with Gasteiger partial charge in [0.25, 0.3) is 5.91 Å². The molecule has 0 spiro atoms. The number of methoxy groups -OCH3 is 1. The summed E-state index contributed by atoms with van der Waals surface area (Å²) >= 11 is 6.07. The fourth-order valence-corrected chi connectivity index (χ4v) is 3.90. The van der Waals surface area contributed by atoms with Crippen molar-refractivity contribution in [1.29, 1.82) is 0 Å². The predicted molar refractivity (Wildman–Crippen MR) is 114 cm³/mol. The van der Waals surface area contributed by atoms with Crippen LogP contribution in [0.4, 0.5) is 0 Å². The molecule has 2 atom stereocenters. The first-order valence-electron chi connectivity index (χ1n) is 9.98. The van der Waals surface area contributed by atoms with Crippen molar-refractivity contribution in [3.05, 3.63) is 64.7 Å². The Bertz CT molecular complexity index is 856. The van der Waals surface area contributed by atoms with Gasteiger partial charge in [0.15, 0.2) is 0 Å². The molecule has 3 rings (SSSR count). The first-order valence-corrected chi connectivity index (χ1v) is 10.4. The number of ether oxygens (including phenoxy) is 1. The van der Waals surface area contributed by atoms with E-state index in [1.54, 1.807) is 23.1 Å². The molecule has 2 amide bonds. The van der Waals surface area contributed by atoms with Crippen LogP contribution in [0.15, 0.2) is 48.5 Å². The summed E-state index contributed by atoms with van der Waals surface area (Å²) in [6.45, 7) is 2.55. The zero-order valence-corrected chi connectivity index (χ0v) is 17.6. The second kappa shape index (κ2) is 9.79. The van der Waals surface area contributed by atoms with Gasteiger partial charge in [0, 0.05) is 17.6 Å². The van der Waals surface area contributed by atoms with E-state index in [-0.39, 0.29) is 17.9 Å². The molecule has 0 saturated carbocycles. The molecule has 1 aliphatic heterocycles. The summed E-state index contributed by atoms with van der Waals surface area (Å²) < 4.78 is 5.31. The third-order valence-electron chi connectivity index (χ3n) is 5.31. The van der Waals surface area contributed by atoms with Crippen LogP contribution in [0, 0.1) is 0 Å². The fraction of sp³-hybridized carbons (Fsp3) is 0.391. The molecule has 5 nitrogen and oxygen atoms in total. The Hall–Kier alpha value is -2.53. The Labute approximate surface area is 177 Å². The van der Waals surface area contributed by atoms with Crippen molar-refractivity contribution in [2.24, 2.45) is 0 Å². The van der Waals surface area contributed by atoms with E-state index in [1.165, 1.54) is 12.7 Å². The highest BCUT2D eigenvalue weighted by Gasteiger charge is 2.35. The van der Waals surface area contributed by atoms with E-state index in [0.717, 1.165) is 19.3 Å². The van der Waals surface area contributed by atoms with Crippen LogP contribution in [0.5, 0.6) is 5.75 Å². The molecule has 0 radical (unpaired) electrons. The van der Waals surface area contributed by atoms with Crippen LogP contribution in [-0.2, 0) is 11.2 Å². The third kappa shape index (κ3) is 5.30. The van der Waals surface area contributed by atoms with Gasteiger partial charge in [0.2, 0.25) is 5.91 Å². The van der Waals surface area contributed by atoms with Crippen LogP contribution >= 0.6 is 11.6 Å². The number of rotatable bonds is 7. The summed E-state index contributed by atoms with van der Waals surface area (Å²) in [7, 11) is 1.52. The summed E-state index contributed by atoms with van der Waals surface area (Å²) in [4.78, 5) is 27.6. The van der Waals surface area contributed by atoms with Crippen molar-refractivity contribution in [2.45, 2.75) is 44.7 Å². The topological polar surface area (TPSA) is 58.6 Å². The van der Waals surface area contributed by atoms with Gasteiger partial charge in [0.05, 0.1) is 12.7 Å². The van der Waals surface area contributed by atoms with Crippen LogP contribution in [0.1, 0.15) is 42.1 Å². The minimum Gasteiger partial charge on any atom is -0.496 e. The number of halogens is 1. The lowest BCUT2D eigenvalue weighted by Gasteiger charge is -2.26. The maximum atomic E-state index is 13.1. The molecule has 29 heavy (non-hydrogen) atoms. The number of aryl methyl sites for hydroxylation is 1. The van der Waals surface area contributed by atoms with Gasteiger partial charge in [-0.1, -0.05) is 41.9 Å². The summed E-state index contributed by atoms with van der Waals surface area (Å²) in [5, 5.41) is 3.54. The maximum absolute atomic E-state index is 13.1. The normalized spacial score (nSPS) is 17.1. The zero-order chi connectivity index (χ0) is 20.8. The molecule has 154 valence electrons. The number of nitrogens with zero attached hydrogens (tertiary/aromatic N) is 1. The van der Waals surface area contributed by atoms with E-state index >= 15 is 0 Å². The summed E-state index contributed by atoms with van der Waals surface area (Å²) in [5.74, 6) is 0.137. The Morgan fingerprint density at radius 1 is 1.24 bits per heavy atom. The molecule has 6 heteroatoms. The summed E-state index contributed by atoms with van der Waals surface area (Å²) in [6, 6.07) is 14.7. The predicted octanol–water partition coefficient (Wildman–Crippen LogP) is 4.09. The number of benzene rings is 2. The van der Waals surface area contributed by atoms with Crippen molar-refractivity contribution < 1.29 is 14.3 Å². The molecule has 1 saturated heterocycles. The number of nitrogens with one attached hydrogen (secondary N) is 1. The fourth-order valence-electron chi connectivity index (χ4n) is 3.72. The van der Waals surface area contributed by atoms with Gasteiger partial charge >= 0.3 is 0 Å². The Morgan fingerprint density at radius 3 is 2.72 bits per heavy atom. The van der Waals surface area contributed by atoms with E-state index in [4.69, 9.17) is 16.3 Å². The lowest BCUT2D eigenvalue weighted by atomic mass is 10.1. The molecule has 0 aliphatic carbocycles. The molecule has 0 bridgehead atoms. The highest BCUT2D eigenvalue weighted by molar-refractivity contribution is 6.31. The Kier molecular flexibility index (Phi) is 7.15. The van der Waals surface area contributed by atoms with Crippen molar-refractivity contribution in [3.63, 3.8) is 0 Å². The van der Waals surface area contributed by atoms with E-state index in [0.29, 0.717) is 29.3 Å². The zero-order valence-electron chi connectivity index (χ0n) is 16.9. The number of likely N-dealkylation sites (tertiary alicyclic amines) is 1. The van der Waals surface area contributed by atoms with Crippen LogP contribution in [-0.4, -0.2) is 42.5 Å². The average Bonchev–Trinajstić information content (AvgIpc) is 3.22. The van der Waals surface area contributed by atoms with E-state index in [2.05, 4.69) is 17.4 Å². The molecule has 1 aliphatic rings. The molecule has 2 unspecified atom stereocenters.